The smallest absolute Gasteiger partial charge is 0.309 e. The number of carbonyl (C=O) groups excluding carboxylic acids is 2. The number of Topliss-reactive ketones (excluding diaryl/α,β-unsaturated/α-hetero) is 1. The highest BCUT2D eigenvalue weighted by Crippen LogP contribution is 2.73. The highest BCUT2D eigenvalue weighted by molar-refractivity contribution is 6.00. The summed E-state index contributed by atoms with van der Waals surface area (Å²) in [5.74, 6) is 2.25. The number of aliphatic carboxylic acids is 1. The number of carboxylic acids is 1. The Morgan fingerprint density at radius 3 is 2.23 bits per heavy atom. The van der Waals surface area contributed by atoms with Crippen molar-refractivity contribution in [3.8, 4) is 0 Å². The fraction of sp³-hybridized carbons (Fsp3) is 0.886. The number of nitrogens with zero attached hydrogens (tertiary/aromatic N) is 2. The average Bonchev–Trinajstić information content (AvgIpc) is 3.33. The van der Waals surface area contributed by atoms with Crippen LogP contribution in [0.4, 0.5) is 0 Å². The number of ether oxygens (including phenoxy) is 1. The zero-order valence-electron chi connectivity index (χ0n) is 34.5. The van der Waals surface area contributed by atoms with Gasteiger partial charge >= 0.3 is 11.9 Å². The fourth-order valence-corrected chi connectivity index (χ4v) is 13.4. The van der Waals surface area contributed by atoms with E-state index in [9.17, 15) is 19.5 Å². The SMILES string of the molecule is CC(C)C1=C2C3CCC4C(C)(CCC5C(C)(C)C(OC(=O)CC(C)(C)C(=O)O)CCC54C)C3CCC2(CCN(CCN(C)C)CC2CNC2)CC1=O. The molecule has 5 aliphatic carbocycles. The number of allylic oxidation sites excluding steroid dienone is 2. The summed E-state index contributed by atoms with van der Waals surface area (Å²) < 4.78 is 6.18. The molecular formula is C44H73N3O5. The monoisotopic (exact) mass is 724 g/mol. The van der Waals surface area contributed by atoms with E-state index in [4.69, 9.17) is 4.74 Å². The molecule has 6 rings (SSSR count). The second-order valence-electron chi connectivity index (χ2n) is 20.9. The Morgan fingerprint density at radius 2 is 1.62 bits per heavy atom. The Morgan fingerprint density at radius 1 is 0.923 bits per heavy atom. The number of likely N-dealkylation sites (N-methyl/N-ethyl adjacent to an activating group) is 1. The maximum absolute atomic E-state index is 14.1. The molecule has 0 aromatic heterocycles. The molecule has 1 saturated heterocycles. The molecule has 294 valence electrons. The van der Waals surface area contributed by atoms with E-state index >= 15 is 0 Å². The summed E-state index contributed by atoms with van der Waals surface area (Å²) in [6.07, 6.45) is 10.5. The van der Waals surface area contributed by atoms with E-state index in [0.717, 1.165) is 83.7 Å². The standard InChI is InChI=1S/C44H73N3O5/c1-28(2)37-32(48)23-44(19-20-47(22-21-46(9)10)27-29-25-45-26-29)18-13-31-30(38(37)44)11-12-34-42(31,7)16-14-33-41(5,6)35(15-17-43(33,34)8)52-36(49)24-40(3,4)39(50)51/h28-31,33-35,45H,11-27H2,1-10H3,(H,50,51). The Kier molecular flexibility index (Phi) is 11.0. The lowest BCUT2D eigenvalue weighted by Gasteiger charge is -2.69. The lowest BCUT2D eigenvalue weighted by Crippen LogP contribution is -2.63. The van der Waals surface area contributed by atoms with Crippen molar-refractivity contribution in [2.45, 2.75) is 132 Å². The van der Waals surface area contributed by atoms with Crippen LogP contribution in [0, 0.1) is 62.6 Å². The second-order valence-corrected chi connectivity index (χ2v) is 20.9. The quantitative estimate of drug-likeness (QED) is 0.189. The van der Waals surface area contributed by atoms with Crippen LogP contribution in [0.5, 0.6) is 0 Å². The van der Waals surface area contributed by atoms with Crippen LogP contribution in [0.1, 0.15) is 126 Å². The van der Waals surface area contributed by atoms with Gasteiger partial charge in [0.05, 0.1) is 11.8 Å². The molecule has 1 aliphatic heterocycles. The van der Waals surface area contributed by atoms with Crippen LogP contribution in [0.2, 0.25) is 0 Å². The molecule has 8 unspecified atom stereocenters. The molecule has 0 radical (unpaired) electrons. The van der Waals surface area contributed by atoms with Gasteiger partial charge in [0.25, 0.3) is 0 Å². The van der Waals surface area contributed by atoms with E-state index in [0.29, 0.717) is 29.5 Å². The van der Waals surface area contributed by atoms with Gasteiger partial charge in [-0.05, 0) is 144 Å². The number of esters is 1. The van der Waals surface area contributed by atoms with Gasteiger partial charge in [-0.1, -0.05) is 47.1 Å². The highest BCUT2D eigenvalue weighted by Gasteiger charge is 2.66. The molecule has 2 N–H and O–H groups in total. The number of nitrogens with one attached hydrogen (secondary N) is 1. The minimum absolute atomic E-state index is 0.0233. The molecule has 8 nitrogen and oxygen atoms in total. The van der Waals surface area contributed by atoms with Crippen molar-refractivity contribution in [2.24, 2.45) is 62.6 Å². The Labute approximate surface area is 315 Å². The molecule has 8 atom stereocenters. The van der Waals surface area contributed by atoms with Crippen molar-refractivity contribution < 1.29 is 24.2 Å². The van der Waals surface area contributed by atoms with Gasteiger partial charge in [-0.15, -0.1) is 0 Å². The first kappa shape index (κ1) is 39.9. The first-order chi connectivity index (χ1) is 24.2. The maximum atomic E-state index is 14.1. The van der Waals surface area contributed by atoms with E-state index in [1.165, 1.54) is 31.3 Å². The van der Waals surface area contributed by atoms with E-state index in [2.05, 4.69) is 70.8 Å². The third-order valence-electron chi connectivity index (χ3n) is 16.3. The zero-order chi connectivity index (χ0) is 38.0. The van der Waals surface area contributed by atoms with Crippen LogP contribution >= 0.6 is 0 Å². The fourth-order valence-electron chi connectivity index (χ4n) is 13.4. The molecule has 52 heavy (non-hydrogen) atoms. The van der Waals surface area contributed by atoms with Gasteiger partial charge in [0.2, 0.25) is 0 Å². The lowest BCUT2D eigenvalue weighted by atomic mass is 9.36. The average molecular weight is 724 g/mol. The van der Waals surface area contributed by atoms with E-state index in [1.54, 1.807) is 19.4 Å². The van der Waals surface area contributed by atoms with Crippen molar-refractivity contribution in [1.29, 1.82) is 0 Å². The molecule has 1 heterocycles. The number of hydrogen-bond donors (Lipinski definition) is 2. The van der Waals surface area contributed by atoms with Gasteiger partial charge < -0.3 is 25.0 Å². The summed E-state index contributed by atoms with van der Waals surface area (Å²) in [6.45, 7) is 24.2. The van der Waals surface area contributed by atoms with Gasteiger partial charge in [0, 0.05) is 50.0 Å². The van der Waals surface area contributed by atoms with Gasteiger partial charge in [0.1, 0.15) is 6.10 Å². The van der Waals surface area contributed by atoms with E-state index in [-0.39, 0.29) is 46.1 Å². The van der Waals surface area contributed by atoms with Crippen LogP contribution < -0.4 is 5.32 Å². The van der Waals surface area contributed by atoms with Gasteiger partial charge in [-0.3, -0.25) is 14.4 Å². The van der Waals surface area contributed by atoms with Crippen LogP contribution in [-0.2, 0) is 19.1 Å². The Hall–Kier alpha value is -1.77. The molecule has 0 bridgehead atoms. The summed E-state index contributed by atoms with van der Waals surface area (Å²) in [5.41, 5.74) is 1.89. The van der Waals surface area contributed by atoms with E-state index in [1.807, 2.05) is 0 Å². The Balaban J connectivity index is 1.22. The third kappa shape index (κ3) is 6.97. The second kappa shape index (κ2) is 14.4. The lowest BCUT2D eigenvalue weighted by molar-refractivity contribution is -0.214. The molecule has 4 saturated carbocycles. The minimum Gasteiger partial charge on any atom is -0.481 e. The summed E-state index contributed by atoms with van der Waals surface area (Å²) in [5, 5.41) is 13.1. The minimum atomic E-state index is -1.14. The predicted octanol–water partition coefficient (Wildman–Crippen LogP) is 7.46. The predicted molar refractivity (Wildman–Crippen MR) is 207 cm³/mol. The van der Waals surface area contributed by atoms with Crippen LogP contribution in [0.15, 0.2) is 11.1 Å². The van der Waals surface area contributed by atoms with Crippen molar-refractivity contribution >= 4 is 17.7 Å². The number of carbonyl (C=O) groups is 3. The number of fused-ring (bicyclic) bond motifs is 7. The largest absolute Gasteiger partial charge is 0.481 e. The first-order valence-corrected chi connectivity index (χ1v) is 21.0. The molecule has 0 aromatic rings. The summed E-state index contributed by atoms with van der Waals surface area (Å²) in [4.78, 5) is 43.9. The van der Waals surface area contributed by atoms with Gasteiger partial charge in [-0.2, -0.15) is 0 Å². The molecule has 6 aliphatic rings. The van der Waals surface area contributed by atoms with Crippen molar-refractivity contribution in [3.05, 3.63) is 11.1 Å². The van der Waals surface area contributed by atoms with Crippen LogP contribution in [-0.4, -0.2) is 92.1 Å². The summed E-state index contributed by atoms with van der Waals surface area (Å²) >= 11 is 0. The third-order valence-corrected chi connectivity index (χ3v) is 16.3. The molecular weight excluding hydrogens is 651 g/mol. The van der Waals surface area contributed by atoms with Crippen LogP contribution in [0.3, 0.4) is 0 Å². The summed E-state index contributed by atoms with van der Waals surface area (Å²) in [6, 6.07) is 0. The van der Waals surface area contributed by atoms with Crippen molar-refractivity contribution in [3.63, 3.8) is 0 Å². The first-order valence-electron chi connectivity index (χ1n) is 21.0. The number of rotatable bonds is 13. The van der Waals surface area contributed by atoms with Gasteiger partial charge in [-0.25, -0.2) is 0 Å². The number of carboxylic acid groups (broad SMARTS) is 1. The number of ketones is 1. The van der Waals surface area contributed by atoms with Crippen LogP contribution in [0.25, 0.3) is 0 Å². The normalized spacial score (nSPS) is 37.4. The van der Waals surface area contributed by atoms with Crippen molar-refractivity contribution in [1.82, 2.24) is 15.1 Å². The highest BCUT2D eigenvalue weighted by atomic mass is 16.5. The topological polar surface area (TPSA) is 99.2 Å². The molecule has 0 spiro atoms. The van der Waals surface area contributed by atoms with E-state index < -0.39 is 11.4 Å². The molecule has 0 aromatic carbocycles. The molecule has 8 heteroatoms. The van der Waals surface area contributed by atoms with Crippen molar-refractivity contribution in [2.75, 3.05) is 53.4 Å². The molecule has 5 fully saturated rings. The molecule has 0 amide bonds. The summed E-state index contributed by atoms with van der Waals surface area (Å²) in [7, 11) is 4.35. The van der Waals surface area contributed by atoms with Gasteiger partial charge in [0.15, 0.2) is 5.78 Å². The number of hydrogen-bond acceptors (Lipinski definition) is 7. The Bertz CT molecular complexity index is 1410. The zero-order valence-corrected chi connectivity index (χ0v) is 34.5. The maximum Gasteiger partial charge on any atom is 0.309 e.